The summed E-state index contributed by atoms with van der Waals surface area (Å²) in [5.74, 6) is 0. The molecular formula is C6H13NO2. The molecule has 1 heterocycles. The first-order valence-corrected chi connectivity index (χ1v) is 3.34. The minimum atomic E-state index is -0.509. The van der Waals surface area contributed by atoms with Crippen LogP contribution in [0, 0.1) is 0 Å². The molecule has 0 aromatic heterocycles. The van der Waals surface area contributed by atoms with Crippen LogP contribution in [-0.4, -0.2) is 47.5 Å². The highest BCUT2D eigenvalue weighted by Gasteiger charge is 2.17. The average Bonchev–Trinajstić information content (AvgIpc) is 2.65. The van der Waals surface area contributed by atoms with Gasteiger partial charge < -0.3 is 15.1 Å². The van der Waals surface area contributed by atoms with Crippen LogP contribution in [-0.2, 0) is 0 Å². The van der Waals surface area contributed by atoms with Crippen LogP contribution in [0.25, 0.3) is 0 Å². The monoisotopic (exact) mass is 131 g/mol. The van der Waals surface area contributed by atoms with E-state index >= 15 is 0 Å². The van der Waals surface area contributed by atoms with Crippen LogP contribution < -0.4 is 0 Å². The molecule has 1 atom stereocenters. The van der Waals surface area contributed by atoms with Crippen LogP contribution in [0.1, 0.15) is 6.42 Å². The summed E-state index contributed by atoms with van der Waals surface area (Å²) in [5, 5.41) is 17.3. The van der Waals surface area contributed by atoms with Crippen molar-refractivity contribution in [2.45, 2.75) is 12.5 Å². The number of hydrogen-bond donors (Lipinski definition) is 2. The highest BCUT2D eigenvalue weighted by molar-refractivity contribution is 4.72. The summed E-state index contributed by atoms with van der Waals surface area (Å²) < 4.78 is 0. The van der Waals surface area contributed by atoms with E-state index in [-0.39, 0.29) is 6.61 Å². The summed E-state index contributed by atoms with van der Waals surface area (Å²) in [7, 11) is 0. The lowest BCUT2D eigenvalue weighted by molar-refractivity contribution is 0.0852. The molecule has 0 saturated carbocycles. The molecule has 3 heteroatoms. The Bertz CT molecular complexity index is 83.1. The maximum atomic E-state index is 8.86. The Labute approximate surface area is 54.9 Å². The molecule has 9 heavy (non-hydrogen) atoms. The Morgan fingerprint density at radius 1 is 1.44 bits per heavy atom. The highest BCUT2D eigenvalue weighted by Crippen LogP contribution is 2.04. The third-order valence-corrected chi connectivity index (χ3v) is 1.53. The predicted octanol–water partition coefficient (Wildman–Crippen LogP) is -0.955. The molecule has 1 rings (SSSR count). The van der Waals surface area contributed by atoms with Crippen LogP contribution in [0.4, 0.5) is 0 Å². The minimum absolute atomic E-state index is 0.103. The molecule has 0 aromatic rings. The molecule has 3 nitrogen and oxygen atoms in total. The van der Waals surface area contributed by atoms with Gasteiger partial charge in [0.25, 0.3) is 0 Å². The fourth-order valence-corrected chi connectivity index (χ4v) is 0.717. The van der Waals surface area contributed by atoms with Gasteiger partial charge in [-0.2, -0.15) is 0 Å². The topological polar surface area (TPSA) is 43.5 Å². The molecular weight excluding hydrogens is 118 g/mol. The number of nitrogens with zero attached hydrogens (tertiary/aromatic N) is 1. The van der Waals surface area contributed by atoms with Crippen LogP contribution >= 0.6 is 0 Å². The molecule has 0 aromatic carbocycles. The van der Waals surface area contributed by atoms with E-state index in [0.717, 1.165) is 19.6 Å². The summed E-state index contributed by atoms with van der Waals surface area (Å²) >= 11 is 0. The SMILES string of the molecule is OCC(O)CCN1CC1. The second kappa shape index (κ2) is 3.15. The standard InChI is InChI=1S/C6H13NO2/c8-5-6(9)1-2-7-3-4-7/h6,8-9H,1-5H2. The van der Waals surface area contributed by atoms with Crippen molar-refractivity contribution in [2.24, 2.45) is 0 Å². The zero-order valence-corrected chi connectivity index (χ0v) is 5.45. The first kappa shape index (κ1) is 6.99. The molecule has 1 aliphatic rings. The van der Waals surface area contributed by atoms with Gasteiger partial charge >= 0.3 is 0 Å². The van der Waals surface area contributed by atoms with Crippen LogP contribution in [0.2, 0.25) is 0 Å². The van der Waals surface area contributed by atoms with Crippen LogP contribution in [0.5, 0.6) is 0 Å². The summed E-state index contributed by atoms with van der Waals surface area (Å²) in [6, 6.07) is 0. The number of aliphatic hydroxyl groups excluding tert-OH is 2. The predicted molar refractivity (Wildman–Crippen MR) is 34.1 cm³/mol. The van der Waals surface area contributed by atoms with Crippen molar-refractivity contribution in [3.63, 3.8) is 0 Å². The van der Waals surface area contributed by atoms with Gasteiger partial charge in [-0.05, 0) is 6.42 Å². The van der Waals surface area contributed by atoms with Gasteiger partial charge in [-0.25, -0.2) is 0 Å². The van der Waals surface area contributed by atoms with Crippen LogP contribution in [0.3, 0.4) is 0 Å². The zero-order chi connectivity index (χ0) is 6.69. The van der Waals surface area contributed by atoms with Gasteiger partial charge in [0.1, 0.15) is 0 Å². The van der Waals surface area contributed by atoms with Gasteiger partial charge in [0.2, 0.25) is 0 Å². The number of rotatable bonds is 4. The van der Waals surface area contributed by atoms with Crippen LogP contribution in [0.15, 0.2) is 0 Å². The van der Waals surface area contributed by atoms with E-state index < -0.39 is 6.10 Å². The van der Waals surface area contributed by atoms with Gasteiger partial charge in [-0.1, -0.05) is 0 Å². The lowest BCUT2D eigenvalue weighted by atomic mass is 10.3. The summed E-state index contributed by atoms with van der Waals surface area (Å²) in [4.78, 5) is 2.22. The second-order valence-corrected chi connectivity index (χ2v) is 2.47. The van der Waals surface area contributed by atoms with E-state index in [9.17, 15) is 0 Å². The molecule has 1 unspecified atom stereocenters. The largest absolute Gasteiger partial charge is 0.394 e. The third-order valence-electron chi connectivity index (χ3n) is 1.53. The van der Waals surface area contributed by atoms with E-state index in [1.54, 1.807) is 0 Å². The fourth-order valence-electron chi connectivity index (χ4n) is 0.717. The second-order valence-electron chi connectivity index (χ2n) is 2.47. The van der Waals surface area contributed by atoms with E-state index in [0.29, 0.717) is 6.42 Å². The maximum absolute atomic E-state index is 8.86. The zero-order valence-electron chi connectivity index (χ0n) is 5.45. The van der Waals surface area contributed by atoms with Gasteiger partial charge in [-0.3, -0.25) is 0 Å². The van der Waals surface area contributed by atoms with E-state index in [2.05, 4.69) is 4.90 Å². The normalized spacial score (nSPS) is 22.0. The highest BCUT2D eigenvalue weighted by atomic mass is 16.3. The fraction of sp³-hybridized carbons (Fsp3) is 1.00. The molecule has 0 bridgehead atoms. The van der Waals surface area contributed by atoms with Crippen molar-refractivity contribution in [3.8, 4) is 0 Å². The molecule has 1 aliphatic heterocycles. The Morgan fingerprint density at radius 3 is 2.56 bits per heavy atom. The molecule has 0 aliphatic carbocycles. The van der Waals surface area contributed by atoms with Crippen molar-refractivity contribution in [1.29, 1.82) is 0 Å². The quantitative estimate of drug-likeness (QED) is 0.483. The van der Waals surface area contributed by atoms with E-state index in [4.69, 9.17) is 10.2 Å². The van der Waals surface area contributed by atoms with E-state index in [1.807, 2.05) is 0 Å². The third kappa shape index (κ3) is 2.79. The molecule has 0 spiro atoms. The first-order chi connectivity index (χ1) is 4.33. The number of aliphatic hydroxyl groups is 2. The average molecular weight is 131 g/mol. The van der Waals surface area contributed by atoms with Crippen molar-refractivity contribution in [1.82, 2.24) is 4.90 Å². The van der Waals surface area contributed by atoms with Gasteiger partial charge in [-0.15, -0.1) is 0 Å². The Kier molecular flexibility index (Phi) is 2.45. The van der Waals surface area contributed by atoms with Crippen molar-refractivity contribution < 1.29 is 10.2 Å². The maximum Gasteiger partial charge on any atom is 0.0783 e. The first-order valence-electron chi connectivity index (χ1n) is 3.34. The lowest BCUT2D eigenvalue weighted by Crippen LogP contribution is -2.16. The molecule has 0 radical (unpaired) electrons. The Morgan fingerprint density at radius 2 is 2.11 bits per heavy atom. The van der Waals surface area contributed by atoms with Gasteiger partial charge in [0, 0.05) is 19.6 Å². The van der Waals surface area contributed by atoms with E-state index in [1.165, 1.54) is 0 Å². The molecule has 0 amide bonds. The Balaban J connectivity index is 1.90. The summed E-state index contributed by atoms with van der Waals surface area (Å²) in [5.41, 5.74) is 0. The molecule has 54 valence electrons. The molecule has 1 fully saturated rings. The van der Waals surface area contributed by atoms with Gasteiger partial charge in [0.15, 0.2) is 0 Å². The lowest BCUT2D eigenvalue weighted by Gasteiger charge is -2.05. The van der Waals surface area contributed by atoms with Crippen molar-refractivity contribution in [2.75, 3.05) is 26.2 Å². The smallest absolute Gasteiger partial charge is 0.0783 e. The summed E-state index contributed by atoms with van der Waals surface area (Å²) in [6.45, 7) is 3.16. The van der Waals surface area contributed by atoms with Crippen molar-refractivity contribution >= 4 is 0 Å². The molecule has 2 N–H and O–H groups in total. The Hall–Kier alpha value is -0.120. The minimum Gasteiger partial charge on any atom is -0.394 e. The number of hydrogen-bond acceptors (Lipinski definition) is 3. The van der Waals surface area contributed by atoms with Gasteiger partial charge in [0.05, 0.1) is 12.7 Å². The molecule has 1 saturated heterocycles. The summed E-state index contributed by atoms with van der Waals surface area (Å²) in [6.07, 6.45) is 0.196. The van der Waals surface area contributed by atoms with Crippen molar-refractivity contribution in [3.05, 3.63) is 0 Å².